The molecule has 1 aromatic carbocycles. The molecule has 0 aromatic heterocycles. The highest BCUT2D eigenvalue weighted by molar-refractivity contribution is 8.00. The molecule has 0 bridgehead atoms. The van der Waals surface area contributed by atoms with Crippen molar-refractivity contribution in [2.24, 2.45) is 11.8 Å². The van der Waals surface area contributed by atoms with E-state index in [-0.39, 0.29) is 23.0 Å². The Balaban J connectivity index is 1.83. The number of amides is 2. The number of hydrogen-bond acceptors (Lipinski definition) is 3. The van der Waals surface area contributed by atoms with Gasteiger partial charge in [0.1, 0.15) is 11.9 Å². The molecular formula is C21H29FN2O2S. The smallest absolute Gasteiger partial charge is 0.255 e. The van der Waals surface area contributed by atoms with E-state index < -0.39 is 6.04 Å². The normalized spacial score (nSPS) is 23.6. The molecule has 1 saturated heterocycles. The van der Waals surface area contributed by atoms with Gasteiger partial charge in [0.2, 0.25) is 5.91 Å². The summed E-state index contributed by atoms with van der Waals surface area (Å²) in [6, 6.07) is 5.18. The van der Waals surface area contributed by atoms with Crippen molar-refractivity contribution in [3.05, 3.63) is 35.6 Å². The van der Waals surface area contributed by atoms with Gasteiger partial charge in [-0.15, -0.1) is 11.8 Å². The van der Waals surface area contributed by atoms with Crippen molar-refractivity contribution < 1.29 is 14.0 Å². The van der Waals surface area contributed by atoms with E-state index in [1.54, 1.807) is 16.7 Å². The maximum atomic E-state index is 13.3. The summed E-state index contributed by atoms with van der Waals surface area (Å²) in [6.45, 7) is 4.71. The summed E-state index contributed by atoms with van der Waals surface area (Å²) in [7, 11) is 0. The van der Waals surface area contributed by atoms with Crippen molar-refractivity contribution in [3.8, 4) is 0 Å². The standard InChI is InChI=1S/C21H29FN2O2S/c1-14(2)12-23-19(25)18-13-27-21(16-6-4-3-5-7-16)24(18)20(26)15-8-10-17(22)11-9-15/h8-11,14,16,18,21H,3-7,12-13H2,1-2H3,(H,23,25)/t18-,21+/m1/s1. The fourth-order valence-corrected chi connectivity index (χ4v) is 5.57. The van der Waals surface area contributed by atoms with Crippen molar-refractivity contribution >= 4 is 23.6 Å². The molecule has 6 heteroatoms. The van der Waals surface area contributed by atoms with Gasteiger partial charge in [-0.3, -0.25) is 9.59 Å². The number of carbonyl (C=O) groups excluding carboxylic acids is 2. The summed E-state index contributed by atoms with van der Waals surface area (Å²) in [5, 5.41) is 3.01. The highest BCUT2D eigenvalue weighted by Crippen LogP contribution is 2.41. The van der Waals surface area contributed by atoms with Gasteiger partial charge >= 0.3 is 0 Å². The van der Waals surface area contributed by atoms with Crippen LogP contribution < -0.4 is 5.32 Å². The average Bonchev–Trinajstić information content (AvgIpc) is 3.12. The number of thioether (sulfide) groups is 1. The number of nitrogens with zero attached hydrogens (tertiary/aromatic N) is 1. The van der Waals surface area contributed by atoms with Crippen molar-refractivity contribution in [2.45, 2.75) is 57.4 Å². The van der Waals surface area contributed by atoms with Crippen LogP contribution >= 0.6 is 11.8 Å². The highest BCUT2D eigenvalue weighted by atomic mass is 32.2. The van der Waals surface area contributed by atoms with Gasteiger partial charge in [0, 0.05) is 17.9 Å². The summed E-state index contributed by atoms with van der Waals surface area (Å²) in [5.74, 6) is 0.801. The molecule has 0 radical (unpaired) electrons. The molecule has 1 N–H and O–H groups in total. The van der Waals surface area contributed by atoms with E-state index in [1.807, 2.05) is 0 Å². The van der Waals surface area contributed by atoms with Crippen LogP contribution in [0.5, 0.6) is 0 Å². The predicted octanol–water partition coefficient (Wildman–Crippen LogP) is 4.06. The van der Waals surface area contributed by atoms with Crippen molar-refractivity contribution in [1.29, 1.82) is 0 Å². The average molecular weight is 393 g/mol. The van der Waals surface area contributed by atoms with Crippen LogP contribution in [0.4, 0.5) is 4.39 Å². The monoisotopic (exact) mass is 392 g/mol. The summed E-state index contributed by atoms with van der Waals surface area (Å²) in [4.78, 5) is 27.9. The molecule has 1 aliphatic carbocycles. The quantitative estimate of drug-likeness (QED) is 0.822. The van der Waals surface area contributed by atoms with Gasteiger partial charge in [0.05, 0.1) is 5.37 Å². The zero-order valence-corrected chi connectivity index (χ0v) is 16.9. The van der Waals surface area contributed by atoms with Gasteiger partial charge in [-0.25, -0.2) is 4.39 Å². The fraction of sp³-hybridized carbons (Fsp3) is 0.619. The molecule has 2 amide bonds. The molecule has 1 saturated carbocycles. The number of halogens is 1. The summed E-state index contributed by atoms with van der Waals surface area (Å²) in [6.07, 6.45) is 5.82. The van der Waals surface area contributed by atoms with E-state index in [4.69, 9.17) is 0 Å². The second-order valence-electron chi connectivity index (χ2n) is 8.00. The second-order valence-corrected chi connectivity index (χ2v) is 9.15. The lowest BCUT2D eigenvalue weighted by Gasteiger charge is -2.35. The molecule has 3 rings (SSSR count). The van der Waals surface area contributed by atoms with E-state index in [0.717, 1.165) is 12.8 Å². The molecule has 0 unspecified atom stereocenters. The van der Waals surface area contributed by atoms with Gasteiger partial charge in [0.15, 0.2) is 0 Å². The molecule has 4 nitrogen and oxygen atoms in total. The zero-order chi connectivity index (χ0) is 19.4. The summed E-state index contributed by atoms with van der Waals surface area (Å²) >= 11 is 1.72. The van der Waals surface area contributed by atoms with Crippen LogP contribution in [0, 0.1) is 17.7 Å². The number of benzene rings is 1. The molecule has 2 fully saturated rings. The molecule has 2 aliphatic rings. The van der Waals surface area contributed by atoms with Crippen LogP contribution in [0.3, 0.4) is 0 Å². The van der Waals surface area contributed by atoms with Gasteiger partial charge in [0.25, 0.3) is 5.91 Å². The molecular weight excluding hydrogens is 363 g/mol. The lowest BCUT2D eigenvalue weighted by atomic mass is 9.88. The Morgan fingerprint density at radius 3 is 2.48 bits per heavy atom. The Kier molecular flexibility index (Phi) is 6.79. The Morgan fingerprint density at radius 1 is 1.19 bits per heavy atom. The number of carbonyl (C=O) groups is 2. The van der Waals surface area contributed by atoms with Gasteiger partial charge in [-0.05, 0) is 48.9 Å². The number of nitrogens with one attached hydrogen (secondary N) is 1. The molecule has 1 aromatic rings. The Labute approximate surface area is 165 Å². The Morgan fingerprint density at radius 2 is 1.85 bits per heavy atom. The maximum absolute atomic E-state index is 13.3. The summed E-state index contributed by atoms with van der Waals surface area (Å²) < 4.78 is 13.3. The molecule has 27 heavy (non-hydrogen) atoms. The number of hydrogen-bond donors (Lipinski definition) is 1. The lowest BCUT2D eigenvalue weighted by molar-refractivity contribution is -0.125. The second kappa shape index (κ2) is 9.09. The first kappa shape index (κ1) is 20.2. The van der Waals surface area contributed by atoms with E-state index in [0.29, 0.717) is 29.7 Å². The zero-order valence-electron chi connectivity index (χ0n) is 16.1. The topological polar surface area (TPSA) is 49.4 Å². The first-order chi connectivity index (χ1) is 13.0. The maximum Gasteiger partial charge on any atom is 0.255 e. The molecule has 0 spiro atoms. The van der Waals surface area contributed by atoms with Crippen molar-refractivity contribution in [3.63, 3.8) is 0 Å². The van der Waals surface area contributed by atoms with Crippen molar-refractivity contribution in [2.75, 3.05) is 12.3 Å². The Bertz CT molecular complexity index is 659. The van der Waals surface area contributed by atoms with E-state index in [2.05, 4.69) is 19.2 Å². The van der Waals surface area contributed by atoms with E-state index in [9.17, 15) is 14.0 Å². The van der Waals surface area contributed by atoms with Crippen molar-refractivity contribution in [1.82, 2.24) is 10.2 Å². The van der Waals surface area contributed by atoms with Crippen LogP contribution in [0.25, 0.3) is 0 Å². The number of rotatable bonds is 5. The van der Waals surface area contributed by atoms with Gasteiger partial charge in [-0.2, -0.15) is 0 Å². The Hall–Kier alpha value is -1.56. The third kappa shape index (κ3) is 4.84. The third-order valence-corrected chi connectivity index (χ3v) is 6.86. The third-order valence-electron chi connectivity index (χ3n) is 5.40. The summed E-state index contributed by atoms with van der Waals surface area (Å²) in [5.41, 5.74) is 0.446. The van der Waals surface area contributed by atoms with Gasteiger partial charge < -0.3 is 10.2 Å². The highest BCUT2D eigenvalue weighted by Gasteiger charge is 2.45. The molecule has 148 valence electrons. The molecule has 1 aliphatic heterocycles. The van der Waals surface area contributed by atoms with E-state index in [1.165, 1.54) is 43.5 Å². The van der Waals surface area contributed by atoms with E-state index >= 15 is 0 Å². The first-order valence-electron chi connectivity index (χ1n) is 9.95. The predicted molar refractivity (Wildman–Crippen MR) is 107 cm³/mol. The SMILES string of the molecule is CC(C)CNC(=O)[C@H]1CS[C@@H](C2CCCCC2)N1C(=O)c1ccc(F)cc1. The minimum Gasteiger partial charge on any atom is -0.354 e. The lowest BCUT2D eigenvalue weighted by Crippen LogP contribution is -2.52. The van der Waals surface area contributed by atoms with Crippen LogP contribution in [0.15, 0.2) is 24.3 Å². The van der Waals surface area contributed by atoms with Crippen LogP contribution in [-0.4, -0.2) is 40.4 Å². The van der Waals surface area contributed by atoms with Crippen LogP contribution in [0.1, 0.15) is 56.3 Å². The molecule has 2 atom stereocenters. The minimum absolute atomic E-state index is 0.0256. The van der Waals surface area contributed by atoms with Crippen LogP contribution in [0.2, 0.25) is 0 Å². The van der Waals surface area contributed by atoms with Gasteiger partial charge in [-0.1, -0.05) is 33.1 Å². The first-order valence-corrected chi connectivity index (χ1v) is 11.0. The fourth-order valence-electron chi connectivity index (χ4n) is 3.93. The minimum atomic E-state index is -0.460. The van der Waals surface area contributed by atoms with Crippen LogP contribution in [-0.2, 0) is 4.79 Å². The largest absolute Gasteiger partial charge is 0.354 e. The molecule has 1 heterocycles.